The Morgan fingerprint density at radius 2 is 2.03 bits per heavy atom. The molecule has 0 spiro atoms. The molecule has 0 saturated heterocycles. The number of aromatic nitrogens is 3. The Balaban J connectivity index is 1.66. The number of aliphatic hydroxyl groups excluding tert-OH is 1. The first-order valence-corrected chi connectivity index (χ1v) is 10.4. The monoisotopic (exact) mass is 436 g/mol. The number of hydrogen-bond acceptors (Lipinski definition) is 7. The number of amides is 1. The summed E-state index contributed by atoms with van der Waals surface area (Å²) in [5.41, 5.74) is 9.19. The van der Waals surface area contributed by atoms with Crippen LogP contribution in [0.2, 0.25) is 0 Å². The van der Waals surface area contributed by atoms with Gasteiger partial charge in [-0.25, -0.2) is 4.68 Å². The van der Waals surface area contributed by atoms with Gasteiger partial charge in [0.25, 0.3) is 0 Å². The summed E-state index contributed by atoms with van der Waals surface area (Å²) in [6, 6.07) is 11.1. The molecule has 2 heterocycles. The van der Waals surface area contributed by atoms with E-state index in [2.05, 4.69) is 42.4 Å². The number of nitrogens with zero attached hydrogens (tertiary/aromatic N) is 4. The molecule has 9 nitrogen and oxygen atoms in total. The zero-order chi connectivity index (χ0) is 23.3. The molecule has 0 radical (unpaired) electrons. The van der Waals surface area contributed by atoms with Crippen molar-refractivity contribution in [3.8, 4) is 17.3 Å². The maximum atomic E-state index is 12.4. The molecular formula is C23H28N6O3. The summed E-state index contributed by atoms with van der Waals surface area (Å²) in [6.45, 7) is 6.76. The fourth-order valence-electron chi connectivity index (χ4n) is 3.32. The van der Waals surface area contributed by atoms with Gasteiger partial charge in [-0.05, 0) is 23.8 Å². The van der Waals surface area contributed by atoms with Crippen molar-refractivity contribution in [2.24, 2.45) is 5.41 Å². The lowest BCUT2D eigenvalue weighted by atomic mass is 9.91. The zero-order valence-electron chi connectivity index (χ0n) is 18.6. The standard InChI is InChI=1S/C23H28N6O3/c1-23(2,3)13-17-12-20(32-28-17)26-19(31)11-15-5-7-16(8-6-15)21-18(14-24)22(25)29(27-21)9-4-10-30/h5-8,12,30H,4,9-11,13,25H2,1-3H3,(H,26,31). The van der Waals surface area contributed by atoms with Crippen molar-refractivity contribution in [3.63, 3.8) is 0 Å². The summed E-state index contributed by atoms with van der Waals surface area (Å²) in [7, 11) is 0. The van der Waals surface area contributed by atoms with Crippen LogP contribution >= 0.6 is 0 Å². The molecule has 0 aliphatic carbocycles. The van der Waals surface area contributed by atoms with Crippen molar-refractivity contribution in [1.29, 1.82) is 5.26 Å². The van der Waals surface area contributed by atoms with Gasteiger partial charge in [-0.15, -0.1) is 0 Å². The Labute approximate surface area is 186 Å². The highest BCUT2D eigenvalue weighted by Gasteiger charge is 2.18. The van der Waals surface area contributed by atoms with Crippen LogP contribution in [0.1, 0.15) is 44.0 Å². The third kappa shape index (κ3) is 5.74. The second-order valence-corrected chi connectivity index (χ2v) is 8.86. The fourth-order valence-corrected chi connectivity index (χ4v) is 3.32. The molecule has 4 N–H and O–H groups in total. The third-order valence-corrected chi connectivity index (χ3v) is 4.76. The number of carbonyl (C=O) groups excluding carboxylic acids is 1. The quantitative estimate of drug-likeness (QED) is 0.492. The SMILES string of the molecule is CC(C)(C)Cc1cc(NC(=O)Cc2ccc(-c3nn(CCCO)c(N)c3C#N)cc2)on1. The first-order chi connectivity index (χ1) is 15.2. The number of nitrogens with one attached hydrogen (secondary N) is 1. The van der Waals surface area contributed by atoms with Gasteiger partial charge in [-0.1, -0.05) is 50.2 Å². The van der Waals surface area contributed by atoms with E-state index < -0.39 is 0 Å². The van der Waals surface area contributed by atoms with Crippen LogP contribution in [0.15, 0.2) is 34.9 Å². The van der Waals surface area contributed by atoms with Crippen LogP contribution in [0.25, 0.3) is 11.3 Å². The summed E-state index contributed by atoms with van der Waals surface area (Å²) in [6.07, 6.45) is 1.40. The third-order valence-electron chi connectivity index (χ3n) is 4.76. The first kappa shape index (κ1) is 23.0. The lowest BCUT2D eigenvalue weighted by Crippen LogP contribution is -2.14. The zero-order valence-corrected chi connectivity index (χ0v) is 18.6. The second-order valence-electron chi connectivity index (χ2n) is 8.86. The van der Waals surface area contributed by atoms with Gasteiger partial charge in [-0.3, -0.25) is 10.1 Å². The Morgan fingerprint density at radius 1 is 1.31 bits per heavy atom. The molecule has 0 atom stereocenters. The number of rotatable bonds is 8. The molecule has 0 bridgehead atoms. The van der Waals surface area contributed by atoms with Crippen molar-refractivity contribution in [1.82, 2.24) is 14.9 Å². The molecular weight excluding hydrogens is 408 g/mol. The van der Waals surface area contributed by atoms with Crippen LogP contribution in [0.4, 0.5) is 11.7 Å². The van der Waals surface area contributed by atoms with Gasteiger partial charge in [0.2, 0.25) is 11.8 Å². The van der Waals surface area contributed by atoms with Crippen LogP contribution in [0, 0.1) is 16.7 Å². The van der Waals surface area contributed by atoms with E-state index in [9.17, 15) is 10.1 Å². The largest absolute Gasteiger partial charge is 0.396 e. The summed E-state index contributed by atoms with van der Waals surface area (Å²) >= 11 is 0. The van der Waals surface area contributed by atoms with Gasteiger partial charge in [0.15, 0.2) is 0 Å². The lowest BCUT2D eigenvalue weighted by Gasteiger charge is -2.14. The molecule has 2 aromatic heterocycles. The van der Waals surface area contributed by atoms with E-state index in [1.54, 1.807) is 18.2 Å². The number of anilines is 2. The number of nitrogens with two attached hydrogens (primary N) is 1. The van der Waals surface area contributed by atoms with Gasteiger partial charge in [-0.2, -0.15) is 10.4 Å². The maximum Gasteiger partial charge on any atom is 0.231 e. The van der Waals surface area contributed by atoms with E-state index in [0.29, 0.717) is 30.1 Å². The summed E-state index contributed by atoms with van der Waals surface area (Å²) < 4.78 is 6.74. The van der Waals surface area contributed by atoms with Gasteiger partial charge in [0, 0.05) is 24.8 Å². The number of aliphatic hydroxyl groups is 1. The van der Waals surface area contributed by atoms with E-state index in [1.807, 2.05) is 12.1 Å². The number of carbonyl (C=O) groups is 1. The fraction of sp³-hybridized carbons (Fsp3) is 0.391. The Hall–Kier alpha value is -3.64. The average molecular weight is 437 g/mol. The van der Waals surface area contributed by atoms with Crippen LogP contribution in [0.3, 0.4) is 0 Å². The molecule has 1 amide bonds. The number of nitrogen functional groups attached to an aromatic ring is 1. The minimum absolute atomic E-state index is 0.0131. The molecule has 1 aromatic carbocycles. The highest BCUT2D eigenvalue weighted by molar-refractivity contribution is 5.91. The molecule has 9 heteroatoms. The average Bonchev–Trinajstić information content (AvgIpc) is 3.28. The Bertz CT molecular complexity index is 1120. The van der Waals surface area contributed by atoms with Gasteiger partial charge < -0.3 is 15.4 Å². The van der Waals surface area contributed by atoms with Crippen LogP contribution in [0.5, 0.6) is 0 Å². The summed E-state index contributed by atoms with van der Waals surface area (Å²) in [4.78, 5) is 12.4. The molecule has 0 saturated carbocycles. The molecule has 0 aliphatic heterocycles. The normalized spacial score (nSPS) is 11.3. The van der Waals surface area contributed by atoms with E-state index in [0.717, 1.165) is 23.2 Å². The van der Waals surface area contributed by atoms with Crippen molar-refractivity contribution < 1.29 is 14.4 Å². The second kappa shape index (κ2) is 9.66. The predicted octanol–water partition coefficient (Wildman–Crippen LogP) is 3.14. The van der Waals surface area contributed by atoms with Crippen molar-refractivity contribution in [2.45, 2.75) is 46.6 Å². The van der Waals surface area contributed by atoms with Crippen molar-refractivity contribution >= 4 is 17.6 Å². The Morgan fingerprint density at radius 3 is 2.66 bits per heavy atom. The van der Waals surface area contributed by atoms with Gasteiger partial charge in [0.05, 0.1) is 12.1 Å². The minimum Gasteiger partial charge on any atom is -0.396 e. The molecule has 0 fully saturated rings. The predicted molar refractivity (Wildman–Crippen MR) is 120 cm³/mol. The van der Waals surface area contributed by atoms with Crippen molar-refractivity contribution in [3.05, 3.63) is 47.2 Å². The van der Waals surface area contributed by atoms with E-state index in [-0.39, 0.29) is 30.2 Å². The van der Waals surface area contributed by atoms with E-state index in [4.69, 9.17) is 15.4 Å². The summed E-state index contributed by atoms with van der Waals surface area (Å²) in [5.74, 6) is 0.386. The summed E-state index contributed by atoms with van der Waals surface area (Å²) in [5, 5.41) is 29.6. The first-order valence-electron chi connectivity index (χ1n) is 10.4. The number of hydrogen-bond donors (Lipinski definition) is 3. The van der Waals surface area contributed by atoms with Crippen molar-refractivity contribution in [2.75, 3.05) is 17.7 Å². The van der Waals surface area contributed by atoms with Crippen LogP contribution in [-0.4, -0.2) is 32.6 Å². The Kier molecular flexibility index (Phi) is 6.95. The molecule has 168 valence electrons. The van der Waals surface area contributed by atoms with Crippen LogP contribution < -0.4 is 11.1 Å². The molecule has 0 unspecified atom stereocenters. The lowest BCUT2D eigenvalue weighted by molar-refractivity contribution is -0.115. The molecule has 3 aromatic rings. The topological polar surface area (TPSA) is 143 Å². The van der Waals surface area contributed by atoms with Gasteiger partial charge >= 0.3 is 0 Å². The molecule has 0 aliphatic rings. The highest BCUT2D eigenvalue weighted by Crippen LogP contribution is 2.27. The number of aryl methyl sites for hydroxylation is 1. The van der Waals surface area contributed by atoms with E-state index in [1.165, 1.54) is 4.68 Å². The highest BCUT2D eigenvalue weighted by atomic mass is 16.5. The smallest absolute Gasteiger partial charge is 0.231 e. The van der Waals surface area contributed by atoms with Gasteiger partial charge in [0.1, 0.15) is 23.1 Å². The number of nitriles is 1. The molecule has 3 rings (SSSR count). The minimum atomic E-state index is -0.216. The maximum absolute atomic E-state index is 12.4. The molecule has 32 heavy (non-hydrogen) atoms. The van der Waals surface area contributed by atoms with Crippen LogP contribution in [-0.2, 0) is 24.2 Å². The number of benzene rings is 1. The van der Waals surface area contributed by atoms with E-state index >= 15 is 0 Å².